The van der Waals surface area contributed by atoms with Crippen LogP contribution in [0.3, 0.4) is 0 Å². The fourth-order valence-corrected chi connectivity index (χ4v) is 3.67. The first-order chi connectivity index (χ1) is 11.1. The van der Waals surface area contributed by atoms with Crippen LogP contribution in [0.4, 0.5) is 0 Å². The summed E-state index contributed by atoms with van der Waals surface area (Å²) in [5, 5.41) is 7.87. The largest absolute Gasteiger partial charge is 0.357 e. The van der Waals surface area contributed by atoms with Gasteiger partial charge < -0.3 is 10.6 Å². The Kier molecular flexibility index (Phi) is 7.30. The highest BCUT2D eigenvalue weighted by Crippen LogP contribution is 2.17. The van der Waals surface area contributed by atoms with E-state index in [1.807, 2.05) is 6.20 Å². The molecule has 23 heavy (non-hydrogen) atoms. The molecule has 1 fully saturated rings. The fourth-order valence-electron chi connectivity index (χ4n) is 2.96. The Morgan fingerprint density at radius 1 is 1.52 bits per heavy atom. The van der Waals surface area contributed by atoms with Crippen molar-refractivity contribution in [3.05, 3.63) is 16.1 Å². The molecule has 130 valence electrons. The molecule has 1 saturated heterocycles. The van der Waals surface area contributed by atoms with Crippen molar-refractivity contribution in [3.63, 3.8) is 0 Å². The van der Waals surface area contributed by atoms with Crippen LogP contribution >= 0.6 is 11.3 Å². The summed E-state index contributed by atoms with van der Waals surface area (Å²) < 4.78 is 0. The zero-order valence-corrected chi connectivity index (χ0v) is 15.7. The molecule has 0 aromatic carbocycles. The molecule has 0 bridgehead atoms. The number of likely N-dealkylation sites (tertiary alicyclic amines) is 1. The lowest BCUT2D eigenvalue weighted by molar-refractivity contribution is 0.139. The number of guanidine groups is 1. The zero-order chi connectivity index (χ0) is 16.7. The average Bonchev–Trinajstić information content (AvgIpc) is 2.95. The van der Waals surface area contributed by atoms with Gasteiger partial charge in [0, 0.05) is 36.8 Å². The molecular weight excluding hydrogens is 306 g/mol. The number of aliphatic imine (C=N–C) groups is 1. The minimum atomic E-state index is 0.531. The summed E-state index contributed by atoms with van der Waals surface area (Å²) in [6.07, 6.45) is 4.60. The van der Waals surface area contributed by atoms with Crippen molar-refractivity contribution in [2.75, 3.05) is 26.2 Å². The van der Waals surface area contributed by atoms with Crippen LogP contribution in [-0.2, 0) is 6.54 Å². The molecule has 0 saturated carbocycles. The smallest absolute Gasteiger partial charge is 0.191 e. The van der Waals surface area contributed by atoms with E-state index in [1.165, 1.54) is 30.8 Å². The van der Waals surface area contributed by atoms with Gasteiger partial charge in [0.15, 0.2) is 5.96 Å². The van der Waals surface area contributed by atoms with Crippen molar-refractivity contribution >= 4 is 17.3 Å². The Balaban J connectivity index is 1.83. The van der Waals surface area contributed by atoms with Gasteiger partial charge in [0.25, 0.3) is 0 Å². The second kappa shape index (κ2) is 9.23. The highest BCUT2D eigenvalue weighted by atomic mass is 32.1. The van der Waals surface area contributed by atoms with Crippen molar-refractivity contribution in [1.82, 2.24) is 20.5 Å². The van der Waals surface area contributed by atoms with Gasteiger partial charge in [-0.1, -0.05) is 6.92 Å². The van der Waals surface area contributed by atoms with Gasteiger partial charge in [-0.3, -0.25) is 4.90 Å². The van der Waals surface area contributed by atoms with E-state index >= 15 is 0 Å². The van der Waals surface area contributed by atoms with Crippen molar-refractivity contribution in [3.8, 4) is 0 Å². The predicted molar refractivity (Wildman–Crippen MR) is 99.1 cm³/mol. The lowest BCUT2D eigenvalue weighted by Crippen LogP contribution is -2.48. The van der Waals surface area contributed by atoms with Gasteiger partial charge in [0.1, 0.15) is 5.01 Å². The minimum Gasteiger partial charge on any atom is -0.357 e. The third kappa shape index (κ3) is 6.11. The standard InChI is InChI=1S/C17H31N5S/c1-5-18-17(21-11-16-19-10-15(4)23-16)20-9-14(3)22-8-6-7-13(2)12-22/h10,13-14H,5-9,11-12H2,1-4H3,(H2,18,20,21). The van der Waals surface area contributed by atoms with Crippen LogP contribution in [0.25, 0.3) is 0 Å². The van der Waals surface area contributed by atoms with Crippen LogP contribution in [0.2, 0.25) is 0 Å². The van der Waals surface area contributed by atoms with Crippen LogP contribution in [0.15, 0.2) is 11.2 Å². The molecule has 1 aliphatic rings. The number of nitrogens with zero attached hydrogens (tertiary/aromatic N) is 3. The molecular formula is C17H31N5S. The van der Waals surface area contributed by atoms with E-state index in [2.05, 4.69) is 53.2 Å². The van der Waals surface area contributed by atoms with Gasteiger partial charge in [-0.2, -0.15) is 0 Å². The maximum absolute atomic E-state index is 4.65. The molecule has 5 nitrogen and oxygen atoms in total. The number of piperidine rings is 1. The van der Waals surface area contributed by atoms with E-state index in [9.17, 15) is 0 Å². The van der Waals surface area contributed by atoms with Crippen LogP contribution in [0, 0.1) is 12.8 Å². The number of aryl methyl sites for hydroxylation is 1. The topological polar surface area (TPSA) is 52.6 Å². The number of thiazole rings is 1. The summed E-state index contributed by atoms with van der Waals surface area (Å²) in [5.74, 6) is 1.71. The summed E-state index contributed by atoms with van der Waals surface area (Å²) in [7, 11) is 0. The molecule has 1 aromatic heterocycles. The first-order valence-electron chi connectivity index (χ1n) is 8.76. The fraction of sp³-hybridized carbons (Fsp3) is 0.765. The average molecular weight is 338 g/mol. The SMILES string of the molecule is CCNC(=NCc1ncc(C)s1)NCC(C)N1CCCC(C)C1. The van der Waals surface area contributed by atoms with E-state index < -0.39 is 0 Å². The predicted octanol–water partition coefficient (Wildman–Crippen LogP) is 2.63. The number of aromatic nitrogens is 1. The van der Waals surface area contributed by atoms with Crippen molar-refractivity contribution in [2.45, 2.75) is 53.1 Å². The number of hydrogen-bond acceptors (Lipinski definition) is 4. The van der Waals surface area contributed by atoms with Gasteiger partial charge in [0.05, 0.1) is 6.54 Å². The summed E-state index contributed by atoms with van der Waals surface area (Å²) in [6, 6.07) is 0.531. The normalized spacial score (nSPS) is 21.2. The second-order valence-corrected chi connectivity index (χ2v) is 7.85. The third-order valence-electron chi connectivity index (χ3n) is 4.26. The third-order valence-corrected chi connectivity index (χ3v) is 5.16. The lowest BCUT2D eigenvalue weighted by Gasteiger charge is -2.35. The van der Waals surface area contributed by atoms with Gasteiger partial charge >= 0.3 is 0 Å². The molecule has 0 amide bonds. The maximum atomic E-state index is 4.65. The molecule has 0 aliphatic carbocycles. The zero-order valence-electron chi connectivity index (χ0n) is 14.9. The highest BCUT2D eigenvalue weighted by molar-refractivity contribution is 7.11. The van der Waals surface area contributed by atoms with Crippen LogP contribution in [0.5, 0.6) is 0 Å². The number of nitrogens with one attached hydrogen (secondary N) is 2. The summed E-state index contributed by atoms with van der Waals surface area (Å²) in [5.41, 5.74) is 0. The van der Waals surface area contributed by atoms with Crippen molar-refractivity contribution in [2.24, 2.45) is 10.9 Å². The van der Waals surface area contributed by atoms with Crippen LogP contribution < -0.4 is 10.6 Å². The summed E-state index contributed by atoms with van der Waals surface area (Å²) in [6.45, 7) is 13.7. The quantitative estimate of drug-likeness (QED) is 0.619. The first-order valence-corrected chi connectivity index (χ1v) is 9.57. The molecule has 2 rings (SSSR count). The van der Waals surface area contributed by atoms with E-state index in [-0.39, 0.29) is 0 Å². The molecule has 2 atom stereocenters. The molecule has 6 heteroatoms. The highest BCUT2D eigenvalue weighted by Gasteiger charge is 2.20. The molecule has 0 radical (unpaired) electrons. The molecule has 1 aromatic rings. The van der Waals surface area contributed by atoms with Crippen LogP contribution in [-0.4, -0.2) is 48.1 Å². The Hall–Kier alpha value is -1.14. The Bertz CT molecular complexity index is 499. The molecule has 0 spiro atoms. The van der Waals surface area contributed by atoms with Crippen LogP contribution in [0.1, 0.15) is 43.5 Å². The Labute approximate surface area is 144 Å². The summed E-state index contributed by atoms with van der Waals surface area (Å²) >= 11 is 1.71. The van der Waals surface area contributed by atoms with E-state index in [4.69, 9.17) is 0 Å². The van der Waals surface area contributed by atoms with Gasteiger partial charge in [-0.05, 0) is 46.1 Å². The summed E-state index contributed by atoms with van der Waals surface area (Å²) in [4.78, 5) is 12.9. The lowest BCUT2D eigenvalue weighted by atomic mass is 9.99. The van der Waals surface area contributed by atoms with Crippen molar-refractivity contribution < 1.29 is 0 Å². The Morgan fingerprint density at radius 2 is 2.35 bits per heavy atom. The Morgan fingerprint density at radius 3 is 3.00 bits per heavy atom. The van der Waals surface area contributed by atoms with Crippen molar-refractivity contribution in [1.29, 1.82) is 0 Å². The van der Waals surface area contributed by atoms with Gasteiger partial charge in [-0.15, -0.1) is 11.3 Å². The van der Waals surface area contributed by atoms with Gasteiger partial charge in [-0.25, -0.2) is 9.98 Å². The van der Waals surface area contributed by atoms with E-state index in [1.54, 1.807) is 11.3 Å². The molecule has 1 aliphatic heterocycles. The molecule has 2 N–H and O–H groups in total. The number of hydrogen-bond donors (Lipinski definition) is 2. The monoisotopic (exact) mass is 337 g/mol. The van der Waals surface area contributed by atoms with Gasteiger partial charge in [0.2, 0.25) is 0 Å². The first kappa shape index (κ1) is 18.2. The second-order valence-electron chi connectivity index (χ2n) is 6.53. The maximum Gasteiger partial charge on any atom is 0.191 e. The molecule has 2 heterocycles. The minimum absolute atomic E-state index is 0.531. The molecule has 2 unspecified atom stereocenters. The van der Waals surface area contributed by atoms with E-state index in [0.29, 0.717) is 12.6 Å². The number of rotatable bonds is 6. The van der Waals surface area contributed by atoms with E-state index in [0.717, 1.165) is 30.0 Å².